The summed E-state index contributed by atoms with van der Waals surface area (Å²) in [5.41, 5.74) is 6.15. The van der Waals surface area contributed by atoms with Crippen molar-refractivity contribution >= 4 is 22.5 Å². The second-order valence-corrected chi connectivity index (χ2v) is 6.67. The van der Waals surface area contributed by atoms with Crippen LogP contribution in [0.25, 0.3) is 27.8 Å². The number of hydrogen-bond acceptors (Lipinski definition) is 3. The van der Waals surface area contributed by atoms with Gasteiger partial charge in [-0.2, -0.15) is 0 Å². The van der Waals surface area contributed by atoms with Gasteiger partial charge in [0.1, 0.15) is 11.6 Å². The first-order valence-corrected chi connectivity index (χ1v) is 9.09. The molecule has 1 heterocycles. The van der Waals surface area contributed by atoms with Gasteiger partial charge in [-0.3, -0.25) is 0 Å². The Bertz CT molecular complexity index is 961. The minimum Gasteiger partial charge on any atom is -0.508 e. The van der Waals surface area contributed by atoms with E-state index in [-0.39, 0.29) is 5.76 Å². The van der Waals surface area contributed by atoms with Gasteiger partial charge in [-0.15, -0.1) is 0 Å². The SMILES string of the molecule is C=C(O)c1c(N(C)CC)nc2c(C)cc(CC)cc2c1-c1ccccc1. The number of aliphatic hydroxyl groups is 1. The van der Waals surface area contributed by atoms with Gasteiger partial charge in [-0.25, -0.2) is 4.98 Å². The molecule has 3 rings (SSSR count). The molecule has 134 valence electrons. The average molecular weight is 346 g/mol. The molecular formula is C23H26N2O. The fraction of sp³-hybridized carbons (Fsp3) is 0.261. The zero-order valence-electron chi connectivity index (χ0n) is 16.0. The summed E-state index contributed by atoms with van der Waals surface area (Å²) in [6.07, 6.45) is 0.955. The van der Waals surface area contributed by atoms with Crippen molar-refractivity contribution in [1.29, 1.82) is 0 Å². The predicted molar refractivity (Wildman–Crippen MR) is 112 cm³/mol. The van der Waals surface area contributed by atoms with Crippen LogP contribution in [0, 0.1) is 6.92 Å². The lowest BCUT2D eigenvalue weighted by molar-refractivity contribution is 0.514. The molecule has 3 nitrogen and oxygen atoms in total. The summed E-state index contributed by atoms with van der Waals surface area (Å²) in [6, 6.07) is 14.6. The molecule has 0 aliphatic heterocycles. The van der Waals surface area contributed by atoms with Gasteiger partial charge in [-0.1, -0.05) is 49.9 Å². The maximum atomic E-state index is 10.5. The maximum absolute atomic E-state index is 10.5. The van der Waals surface area contributed by atoms with Gasteiger partial charge >= 0.3 is 0 Å². The minimum absolute atomic E-state index is 0.0492. The van der Waals surface area contributed by atoms with E-state index in [0.29, 0.717) is 5.56 Å². The number of benzene rings is 2. The molecule has 3 aromatic rings. The van der Waals surface area contributed by atoms with Crippen molar-refractivity contribution in [3.05, 3.63) is 65.7 Å². The molecule has 0 unspecified atom stereocenters. The Labute approximate surface area is 155 Å². The summed E-state index contributed by atoms with van der Waals surface area (Å²) < 4.78 is 0. The lowest BCUT2D eigenvalue weighted by Gasteiger charge is -2.24. The topological polar surface area (TPSA) is 36.4 Å². The highest BCUT2D eigenvalue weighted by Crippen LogP contribution is 2.40. The normalized spacial score (nSPS) is 10.9. The number of rotatable bonds is 5. The molecule has 0 spiro atoms. The van der Waals surface area contributed by atoms with E-state index >= 15 is 0 Å². The first kappa shape index (κ1) is 18.0. The Hall–Kier alpha value is -2.81. The Kier molecular flexibility index (Phi) is 4.99. The second-order valence-electron chi connectivity index (χ2n) is 6.67. The van der Waals surface area contributed by atoms with E-state index in [1.54, 1.807) is 0 Å². The van der Waals surface area contributed by atoms with Gasteiger partial charge in [0.2, 0.25) is 0 Å². The lowest BCUT2D eigenvalue weighted by atomic mass is 9.92. The average Bonchev–Trinajstić information content (AvgIpc) is 2.66. The van der Waals surface area contributed by atoms with E-state index in [0.717, 1.165) is 46.4 Å². The summed E-state index contributed by atoms with van der Waals surface area (Å²) in [6.45, 7) is 11.0. The summed E-state index contributed by atoms with van der Waals surface area (Å²) in [5.74, 6) is 0.812. The number of aromatic nitrogens is 1. The van der Waals surface area contributed by atoms with Crippen molar-refractivity contribution in [3.63, 3.8) is 0 Å². The van der Waals surface area contributed by atoms with Gasteiger partial charge in [0.05, 0.1) is 11.1 Å². The van der Waals surface area contributed by atoms with Gasteiger partial charge < -0.3 is 10.0 Å². The zero-order valence-corrected chi connectivity index (χ0v) is 16.0. The van der Waals surface area contributed by atoms with E-state index in [9.17, 15) is 5.11 Å². The Morgan fingerprint density at radius 2 is 1.85 bits per heavy atom. The van der Waals surface area contributed by atoms with E-state index in [1.165, 1.54) is 5.56 Å². The molecule has 1 aromatic heterocycles. The maximum Gasteiger partial charge on any atom is 0.140 e. The second kappa shape index (κ2) is 7.20. The molecule has 0 bridgehead atoms. The number of fused-ring (bicyclic) bond motifs is 1. The third-order valence-corrected chi connectivity index (χ3v) is 4.92. The third kappa shape index (κ3) is 3.05. The van der Waals surface area contributed by atoms with Crippen molar-refractivity contribution in [3.8, 4) is 11.1 Å². The quantitative estimate of drug-likeness (QED) is 0.597. The molecular weight excluding hydrogens is 320 g/mol. The lowest BCUT2D eigenvalue weighted by Crippen LogP contribution is -2.20. The molecule has 0 fully saturated rings. The highest BCUT2D eigenvalue weighted by molar-refractivity contribution is 6.03. The van der Waals surface area contributed by atoms with Crippen LogP contribution < -0.4 is 4.90 Å². The van der Waals surface area contributed by atoms with Crippen molar-refractivity contribution in [2.45, 2.75) is 27.2 Å². The molecule has 1 N–H and O–H groups in total. The van der Waals surface area contributed by atoms with Crippen LogP contribution in [0.3, 0.4) is 0 Å². The first-order chi connectivity index (χ1) is 12.5. The smallest absolute Gasteiger partial charge is 0.140 e. The van der Waals surface area contributed by atoms with Crippen LogP contribution in [0.15, 0.2) is 49.0 Å². The highest BCUT2D eigenvalue weighted by Gasteiger charge is 2.21. The van der Waals surface area contributed by atoms with E-state index < -0.39 is 0 Å². The molecule has 3 heteroatoms. The Balaban J connectivity index is 2.54. The van der Waals surface area contributed by atoms with E-state index in [2.05, 4.69) is 56.5 Å². The minimum atomic E-state index is 0.0492. The summed E-state index contributed by atoms with van der Waals surface area (Å²) >= 11 is 0. The standard InChI is InChI=1S/C23H26N2O/c1-6-17-13-15(3)22-19(14-17)21(18-11-9-8-10-12-18)20(16(4)26)23(24-22)25(5)7-2/h8-14,26H,4,6-7H2,1-3,5H3. The summed E-state index contributed by atoms with van der Waals surface area (Å²) in [4.78, 5) is 6.98. The molecule has 0 radical (unpaired) electrons. The van der Waals surface area contributed by atoms with Crippen LogP contribution in [0.2, 0.25) is 0 Å². The van der Waals surface area contributed by atoms with Gasteiger partial charge in [-0.05, 0) is 43.0 Å². The van der Waals surface area contributed by atoms with Gasteiger partial charge in [0.15, 0.2) is 0 Å². The van der Waals surface area contributed by atoms with Crippen LogP contribution in [0.5, 0.6) is 0 Å². The predicted octanol–water partition coefficient (Wildman–Crippen LogP) is 5.76. The number of anilines is 1. The number of aliphatic hydroxyl groups excluding tert-OH is 1. The van der Waals surface area contributed by atoms with Crippen molar-refractivity contribution in [2.75, 3.05) is 18.5 Å². The van der Waals surface area contributed by atoms with Crippen LogP contribution in [-0.2, 0) is 6.42 Å². The van der Waals surface area contributed by atoms with Crippen LogP contribution in [-0.4, -0.2) is 23.7 Å². The summed E-state index contributed by atoms with van der Waals surface area (Å²) in [5, 5.41) is 11.5. The highest BCUT2D eigenvalue weighted by atomic mass is 16.3. The zero-order chi connectivity index (χ0) is 18.8. The van der Waals surface area contributed by atoms with E-state index in [4.69, 9.17) is 4.98 Å². The molecule has 0 saturated heterocycles. The summed E-state index contributed by atoms with van der Waals surface area (Å²) in [7, 11) is 1.99. The monoisotopic (exact) mass is 346 g/mol. The fourth-order valence-corrected chi connectivity index (χ4v) is 3.41. The largest absolute Gasteiger partial charge is 0.508 e. The van der Waals surface area contributed by atoms with Crippen LogP contribution >= 0.6 is 0 Å². The molecule has 0 aliphatic rings. The van der Waals surface area contributed by atoms with E-state index in [1.807, 2.05) is 25.2 Å². The van der Waals surface area contributed by atoms with Crippen molar-refractivity contribution < 1.29 is 5.11 Å². The van der Waals surface area contributed by atoms with Crippen molar-refractivity contribution in [1.82, 2.24) is 4.98 Å². The first-order valence-electron chi connectivity index (χ1n) is 9.09. The van der Waals surface area contributed by atoms with Crippen LogP contribution in [0.4, 0.5) is 5.82 Å². The fourth-order valence-electron chi connectivity index (χ4n) is 3.41. The van der Waals surface area contributed by atoms with Gasteiger partial charge in [0, 0.05) is 24.5 Å². The molecule has 0 atom stereocenters. The number of hydrogen-bond donors (Lipinski definition) is 1. The third-order valence-electron chi connectivity index (χ3n) is 4.92. The molecule has 0 aliphatic carbocycles. The van der Waals surface area contributed by atoms with Crippen LogP contribution in [0.1, 0.15) is 30.5 Å². The number of aryl methyl sites for hydroxylation is 2. The molecule has 2 aromatic carbocycles. The Morgan fingerprint density at radius 1 is 1.15 bits per heavy atom. The van der Waals surface area contributed by atoms with Crippen molar-refractivity contribution in [2.24, 2.45) is 0 Å². The molecule has 0 amide bonds. The van der Waals surface area contributed by atoms with Gasteiger partial charge in [0.25, 0.3) is 0 Å². The number of pyridine rings is 1. The number of nitrogens with zero attached hydrogens (tertiary/aromatic N) is 2. The Morgan fingerprint density at radius 3 is 2.42 bits per heavy atom. The molecule has 26 heavy (non-hydrogen) atoms. The molecule has 0 saturated carbocycles.